The van der Waals surface area contributed by atoms with Gasteiger partial charge in [-0.2, -0.15) is 0 Å². The van der Waals surface area contributed by atoms with Crippen molar-refractivity contribution in [1.82, 2.24) is 0 Å². The Morgan fingerprint density at radius 3 is 2.44 bits per heavy atom. The van der Waals surface area contributed by atoms with Gasteiger partial charge in [0.05, 0.1) is 0 Å². The van der Waals surface area contributed by atoms with Gasteiger partial charge in [-0.05, 0) is 29.8 Å². The number of hydrogen-bond donors (Lipinski definition) is 0. The molecule has 0 aliphatic heterocycles. The summed E-state index contributed by atoms with van der Waals surface area (Å²) >= 11 is 6.73. The zero-order valence-corrected chi connectivity index (χ0v) is 12.3. The third-order valence-corrected chi connectivity index (χ3v) is 3.63. The van der Waals surface area contributed by atoms with Crippen LogP contribution in [0.25, 0.3) is 0 Å². The fraction of sp³-hybridized carbons (Fsp3) is 0.0769. The molecule has 0 amide bonds. The predicted molar refractivity (Wildman–Crippen MR) is 73.2 cm³/mol. The summed E-state index contributed by atoms with van der Waals surface area (Å²) in [5, 5.41) is 0.707. The van der Waals surface area contributed by atoms with Crippen LogP contribution in [0.1, 0.15) is 5.56 Å². The summed E-state index contributed by atoms with van der Waals surface area (Å²) in [6.07, 6.45) is 0. The van der Waals surface area contributed by atoms with E-state index < -0.39 is 11.6 Å². The summed E-state index contributed by atoms with van der Waals surface area (Å²) in [4.78, 5) is 0. The second-order valence-electron chi connectivity index (χ2n) is 3.56. The number of halogens is 4. The quantitative estimate of drug-likeness (QED) is 0.649. The lowest BCUT2D eigenvalue weighted by molar-refractivity contribution is 0.437. The van der Waals surface area contributed by atoms with E-state index in [9.17, 15) is 8.78 Å². The van der Waals surface area contributed by atoms with Gasteiger partial charge in [0.15, 0.2) is 11.6 Å². The molecule has 0 aromatic heterocycles. The molecular weight excluding hydrogens is 370 g/mol. The van der Waals surface area contributed by atoms with Gasteiger partial charge in [-0.15, -0.1) is 0 Å². The van der Waals surface area contributed by atoms with Crippen LogP contribution in [-0.2, 0) is 5.33 Å². The minimum atomic E-state index is -0.726. The highest BCUT2D eigenvalue weighted by molar-refractivity contribution is 9.10. The van der Waals surface area contributed by atoms with Gasteiger partial charge >= 0.3 is 0 Å². The van der Waals surface area contributed by atoms with E-state index in [-0.39, 0.29) is 5.75 Å². The van der Waals surface area contributed by atoms with Crippen LogP contribution in [0, 0.1) is 11.6 Å². The number of rotatable bonds is 3. The third kappa shape index (κ3) is 3.09. The lowest BCUT2D eigenvalue weighted by Crippen LogP contribution is -1.90. The average Bonchev–Trinajstić information content (AvgIpc) is 2.33. The van der Waals surface area contributed by atoms with E-state index in [0.29, 0.717) is 11.1 Å². The zero-order valence-electron chi connectivity index (χ0n) is 9.09. The monoisotopic (exact) mass is 376 g/mol. The Hall–Kier alpha value is -0.940. The van der Waals surface area contributed by atoms with Crippen LogP contribution < -0.4 is 4.74 Å². The first-order valence-electron chi connectivity index (χ1n) is 5.07. The Bertz CT molecular complexity index is 573. The average molecular weight is 378 g/mol. The highest BCUT2D eigenvalue weighted by Crippen LogP contribution is 2.29. The van der Waals surface area contributed by atoms with Crippen LogP contribution in [0.4, 0.5) is 8.78 Å². The Labute approximate surface area is 120 Å². The van der Waals surface area contributed by atoms with E-state index in [4.69, 9.17) is 4.74 Å². The van der Waals surface area contributed by atoms with E-state index >= 15 is 0 Å². The topological polar surface area (TPSA) is 9.23 Å². The molecule has 2 rings (SSSR count). The normalized spacial score (nSPS) is 10.4. The van der Waals surface area contributed by atoms with Crippen molar-refractivity contribution in [3.05, 3.63) is 58.1 Å². The molecule has 0 unspecified atom stereocenters. The predicted octanol–water partition coefficient (Wildman–Crippen LogP) is 5.41. The van der Waals surface area contributed by atoms with Crippen LogP contribution in [-0.4, -0.2) is 0 Å². The van der Waals surface area contributed by atoms with Crippen molar-refractivity contribution in [2.24, 2.45) is 0 Å². The van der Waals surface area contributed by atoms with Crippen molar-refractivity contribution in [2.75, 3.05) is 0 Å². The van der Waals surface area contributed by atoms with Crippen LogP contribution in [0.15, 0.2) is 40.9 Å². The molecule has 0 N–H and O–H groups in total. The number of benzene rings is 2. The lowest BCUT2D eigenvalue weighted by atomic mass is 10.2. The molecule has 5 heteroatoms. The summed E-state index contributed by atoms with van der Waals surface area (Å²) in [6, 6.07) is 8.52. The molecule has 0 bridgehead atoms. The van der Waals surface area contributed by atoms with Gasteiger partial charge in [-0.3, -0.25) is 0 Å². The Morgan fingerprint density at radius 1 is 1.06 bits per heavy atom. The van der Waals surface area contributed by atoms with Gasteiger partial charge in [0.25, 0.3) is 0 Å². The standard InChI is InChI=1S/C13H8Br2F2O/c14-7-8-1-3-10(6-11(8)15)18-13-4-2-9(16)5-12(13)17/h1-6H,7H2. The highest BCUT2D eigenvalue weighted by atomic mass is 79.9. The van der Waals surface area contributed by atoms with E-state index in [1.165, 1.54) is 6.07 Å². The van der Waals surface area contributed by atoms with Gasteiger partial charge < -0.3 is 4.74 Å². The summed E-state index contributed by atoms with van der Waals surface area (Å²) < 4.78 is 32.4. The van der Waals surface area contributed by atoms with Gasteiger partial charge in [0.1, 0.15) is 11.6 Å². The lowest BCUT2D eigenvalue weighted by Gasteiger charge is -2.08. The zero-order chi connectivity index (χ0) is 13.1. The van der Waals surface area contributed by atoms with Gasteiger partial charge in [0.2, 0.25) is 0 Å². The van der Waals surface area contributed by atoms with Crippen LogP contribution >= 0.6 is 31.9 Å². The molecule has 2 aromatic rings. The maximum absolute atomic E-state index is 13.4. The Morgan fingerprint density at radius 2 is 1.83 bits per heavy atom. The summed E-state index contributed by atoms with van der Waals surface area (Å²) in [7, 11) is 0. The molecular formula is C13H8Br2F2O. The third-order valence-electron chi connectivity index (χ3n) is 2.29. The minimum Gasteiger partial charge on any atom is -0.454 e. The molecule has 0 aliphatic carbocycles. The van der Waals surface area contributed by atoms with E-state index in [1.54, 1.807) is 12.1 Å². The number of alkyl halides is 1. The van der Waals surface area contributed by atoms with Gasteiger partial charge in [-0.1, -0.05) is 37.9 Å². The molecule has 0 radical (unpaired) electrons. The first-order chi connectivity index (χ1) is 8.60. The largest absolute Gasteiger partial charge is 0.454 e. The summed E-state index contributed by atoms with van der Waals surface area (Å²) in [6.45, 7) is 0. The Balaban J connectivity index is 2.26. The van der Waals surface area contributed by atoms with E-state index in [2.05, 4.69) is 31.9 Å². The highest BCUT2D eigenvalue weighted by Gasteiger charge is 2.07. The van der Waals surface area contributed by atoms with Crippen LogP contribution in [0.2, 0.25) is 0 Å². The molecule has 1 nitrogen and oxygen atoms in total. The minimum absolute atomic E-state index is 0.00473. The van der Waals surface area contributed by atoms with Crippen LogP contribution in [0.5, 0.6) is 11.5 Å². The van der Waals surface area contributed by atoms with Crippen molar-refractivity contribution >= 4 is 31.9 Å². The first-order valence-corrected chi connectivity index (χ1v) is 6.99. The fourth-order valence-electron chi connectivity index (χ4n) is 1.38. The molecule has 0 atom stereocenters. The van der Waals surface area contributed by atoms with Crippen molar-refractivity contribution in [3.63, 3.8) is 0 Å². The maximum Gasteiger partial charge on any atom is 0.168 e. The number of hydrogen-bond acceptors (Lipinski definition) is 1. The van der Waals surface area contributed by atoms with Crippen LogP contribution in [0.3, 0.4) is 0 Å². The number of ether oxygens (including phenoxy) is 1. The molecule has 0 spiro atoms. The first kappa shape index (κ1) is 13.5. The van der Waals surface area contributed by atoms with Crippen molar-refractivity contribution in [2.45, 2.75) is 5.33 Å². The molecule has 0 fully saturated rings. The second-order valence-corrected chi connectivity index (χ2v) is 4.98. The molecule has 2 aromatic carbocycles. The van der Waals surface area contributed by atoms with Crippen molar-refractivity contribution < 1.29 is 13.5 Å². The smallest absolute Gasteiger partial charge is 0.168 e. The molecule has 18 heavy (non-hydrogen) atoms. The second kappa shape index (κ2) is 5.80. The molecule has 0 saturated carbocycles. The van der Waals surface area contributed by atoms with Crippen molar-refractivity contribution in [3.8, 4) is 11.5 Å². The van der Waals surface area contributed by atoms with Crippen molar-refractivity contribution in [1.29, 1.82) is 0 Å². The molecule has 0 heterocycles. The SMILES string of the molecule is Fc1ccc(Oc2ccc(CBr)c(Br)c2)c(F)c1. The summed E-state index contributed by atoms with van der Waals surface area (Å²) in [5.41, 5.74) is 1.06. The molecule has 0 aliphatic rings. The molecule has 0 saturated heterocycles. The summed E-state index contributed by atoms with van der Waals surface area (Å²) in [5.74, 6) is -0.877. The van der Waals surface area contributed by atoms with Gasteiger partial charge in [0, 0.05) is 15.9 Å². The van der Waals surface area contributed by atoms with E-state index in [0.717, 1.165) is 22.2 Å². The van der Waals surface area contributed by atoms with E-state index in [1.807, 2.05) is 6.07 Å². The molecule has 94 valence electrons. The fourth-order valence-corrected chi connectivity index (χ4v) is 2.75. The maximum atomic E-state index is 13.4. The Kier molecular flexibility index (Phi) is 4.35. The van der Waals surface area contributed by atoms with Gasteiger partial charge in [-0.25, -0.2) is 8.78 Å².